The normalized spacial score (nSPS) is 10.6. The molecule has 0 radical (unpaired) electrons. The third-order valence-corrected chi connectivity index (χ3v) is 3.94. The largest absolute Gasteiger partial charge is 0.495 e. The molecule has 26 heavy (non-hydrogen) atoms. The Morgan fingerprint density at radius 1 is 1.31 bits per heavy atom. The summed E-state index contributed by atoms with van der Waals surface area (Å²) in [5.41, 5.74) is 1.05. The number of aromatic amines is 1. The van der Waals surface area contributed by atoms with Crippen LogP contribution >= 0.6 is 11.6 Å². The zero-order chi connectivity index (χ0) is 18.5. The molecule has 0 aliphatic heterocycles. The fourth-order valence-corrected chi connectivity index (χ4v) is 2.67. The number of nitrogens with one attached hydrogen (secondary N) is 2. The predicted molar refractivity (Wildman–Crippen MR) is 95.9 cm³/mol. The second-order valence-corrected chi connectivity index (χ2v) is 5.95. The highest BCUT2D eigenvalue weighted by Crippen LogP contribution is 2.27. The molecule has 6 nitrogen and oxygen atoms in total. The van der Waals surface area contributed by atoms with Gasteiger partial charge in [-0.05, 0) is 29.8 Å². The van der Waals surface area contributed by atoms with E-state index in [2.05, 4.69) is 20.5 Å². The molecule has 0 aliphatic rings. The number of carbonyl (C=O) groups excluding carboxylic acids is 1. The second-order valence-electron chi connectivity index (χ2n) is 5.54. The number of methoxy groups -OCH3 is 1. The van der Waals surface area contributed by atoms with E-state index in [9.17, 15) is 9.18 Å². The van der Waals surface area contributed by atoms with E-state index in [1.54, 1.807) is 36.4 Å². The fourth-order valence-electron chi connectivity index (χ4n) is 2.41. The summed E-state index contributed by atoms with van der Waals surface area (Å²) in [6.07, 6.45) is 0.257. The number of carbonyl (C=O) groups is 1. The van der Waals surface area contributed by atoms with E-state index in [-0.39, 0.29) is 24.6 Å². The molecule has 0 bridgehead atoms. The first-order valence-corrected chi connectivity index (χ1v) is 8.20. The van der Waals surface area contributed by atoms with Crippen molar-refractivity contribution in [2.24, 2.45) is 0 Å². The molecule has 134 valence electrons. The lowest BCUT2D eigenvalue weighted by molar-refractivity contribution is -0.115. The van der Waals surface area contributed by atoms with Crippen LogP contribution in [0.15, 0.2) is 42.5 Å². The first kappa shape index (κ1) is 17.9. The molecule has 0 unspecified atom stereocenters. The Bertz CT molecular complexity index is 929. The molecule has 3 aromatic rings. The number of H-pyrrole nitrogens is 1. The SMILES string of the molecule is COc1ccc(NC(=O)Cc2n[nH]c(Cc3ccccc3F)n2)cc1Cl. The summed E-state index contributed by atoms with van der Waals surface area (Å²) in [7, 11) is 1.52. The van der Waals surface area contributed by atoms with Crippen molar-refractivity contribution < 1.29 is 13.9 Å². The van der Waals surface area contributed by atoms with Crippen LogP contribution in [-0.4, -0.2) is 28.2 Å². The summed E-state index contributed by atoms with van der Waals surface area (Å²) in [6, 6.07) is 11.4. The van der Waals surface area contributed by atoms with Crippen LogP contribution in [0.3, 0.4) is 0 Å². The number of hydrogen-bond acceptors (Lipinski definition) is 4. The quantitative estimate of drug-likeness (QED) is 0.693. The third-order valence-electron chi connectivity index (χ3n) is 3.65. The molecule has 0 saturated carbocycles. The van der Waals surface area contributed by atoms with Crippen molar-refractivity contribution in [1.29, 1.82) is 0 Å². The highest BCUT2D eigenvalue weighted by Gasteiger charge is 2.12. The maximum atomic E-state index is 13.7. The number of aromatic nitrogens is 3. The topological polar surface area (TPSA) is 79.9 Å². The first-order chi connectivity index (χ1) is 12.5. The summed E-state index contributed by atoms with van der Waals surface area (Å²) < 4.78 is 18.7. The van der Waals surface area contributed by atoms with E-state index < -0.39 is 0 Å². The van der Waals surface area contributed by atoms with Gasteiger partial charge in [0.25, 0.3) is 0 Å². The zero-order valence-electron chi connectivity index (χ0n) is 13.9. The fraction of sp³-hybridized carbons (Fsp3) is 0.167. The molecule has 0 fully saturated rings. The molecule has 1 heterocycles. The lowest BCUT2D eigenvalue weighted by Crippen LogP contribution is -2.15. The Balaban J connectivity index is 1.61. The average molecular weight is 375 g/mol. The van der Waals surface area contributed by atoms with Gasteiger partial charge in [-0.2, -0.15) is 5.10 Å². The van der Waals surface area contributed by atoms with Gasteiger partial charge in [0.05, 0.1) is 18.6 Å². The van der Waals surface area contributed by atoms with Crippen LogP contribution in [0.2, 0.25) is 5.02 Å². The van der Waals surface area contributed by atoms with Gasteiger partial charge < -0.3 is 10.1 Å². The Kier molecular flexibility index (Phi) is 5.48. The van der Waals surface area contributed by atoms with Gasteiger partial charge in [-0.15, -0.1) is 0 Å². The van der Waals surface area contributed by atoms with Crippen LogP contribution in [0, 0.1) is 5.82 Å². The van der Waals surface area contributed by atoms with E-state index in [0.29, 0.717) is 33.7 Å². The van der Waals surface area contributed by atoms with Crippen LogP contribution < -0.4 is 10.1 Å². The van der Waals surface area contributed by atoms with Crippen molar-refractivity contribution in [3.05, 3.63) is 70.5 Å². The highest BCUT2D eigenvalue weighted by atomic mass is 35.5. The standard InChI is InChI=1S/C18H16ClFN4O2/c1-26-15-7-6-12(9-13(15)19)21-18(25)10-17-22-16(23-24-17)8-11-4-2-3-5-14(11)20/h2-7,9H,8,10H2,1H3,(H,21,25)(H,22,23,24). The van der Waals surface area contributed by atoms with Crippen LogP contribution in [0.5, 0.6) is 5.75 Å². The Morgan fingerprint density at radius 3 is 2.85 bits per heavy atom. The summed E-state index contributed by atoms with van der Waals surface area (Å²) in [6.45, 7) is 0. The van der Waals surface area contributed by atoms with Gasteiger partial charge in [-0.3, -0.25) is 9.89 Å². The van der Waals surface area contributed by atoms with Crippen LogP contribution in [-0.2, 0) is 17.6 Å². The van der Waals surface area contributed by atoms with Gasteiger partial charge in [0, 0.05) is 12.1 Å². The van der Waals surface area contributed by atoms with Crippen molar-refractivity contribution in [2.45, 2.75) is 12.8 Å². The van der Waals surface area contributed by atoms with E-state index in [0.717, 1.165) is 0 Å². The third kappa shape index (κ3) is 4.37. The molecular formula is C18H16ClFN4O2. The van der Waals surface area contributed by atoms with E-state index in [1.807, 2.05) is 0 Å². The van der Waals surface area contributed by atoms with Gasteiger partial charge >= 0.3 is 0 Å². The monoisotopic (exact) mass is 374 g/mol. The lowest BCUT2D eigenvalue weighted by Gasteiger charge is -2.07. The minimum absolute atomic E-state index is 0.0164. The smallest absolute Gasteiger partial charge is 0.232 e. The molecular weight excluding hydrogens is 359 g/mol. The predicted octanol–water partition coefficient (Wildman–Crippen LogP) is 3.38. The molecule has 2 N–H and O–H groups in total. The van der Waals surface area contributed by atoms with Crippen LogP contribution in [0.1, 0.15) is 17.2 Å². The summed E-state index contributed by atoms with van der Waals surface area (Å²) in [4.78, 5) is 16.4. The van der Waals surface area contributed by atoms with Crippen molar-refractivity contribution in [3.8, 4) is 5.75 Å². The second kappa shape index (κ2) is 7.97. The van der Waals surface area contributed by atoms with E-state index in [4.69, 9.17) is 16.3 Å². The first-order valence-electron chi connectivity index (χ1n) is 7.82. The number of hydrogen-bond donors (Lipinski definition) is 2. The molecule has 0 aliphatic carbocycles. The summed E-state index contributed by atoms with van der Waals surface area (Å²) in [5.74, 6) is 0.748. The van der Waals surface area contributed by atoms with Crippen molar-refractivity contribution in [1.82, 2.24) is 15.2 Å². The zero-order valence-corrected chi connectivity index (χ0v) is 14.7. The molecule has 8 heteroatoms. The van der Waals surface area contributed by atoms with Gasteiger partial charge in [0.1, 0.15) is 17.4 Å². The lowest BCUT2D eigenvalue weighted by atomic mass is 10.1. The molecule has 1 aromatic heterocycles. The molecule has 0 atom stereocenters. The summed E-state index contributed by atoms with van der Waals surface area (Å²) >= 11 is 6.03. The van der Waals surface area contributed by atoms with Gasteiger partial charge in [-0.1, -0.05) is 29.8 Å². The molecule has 3 rings (SSSR count). The number of ether oxygens (including phenoxy) is 1. The molecule has 2 aromatic carbocycles. The molecule has 1 amide bonds. The summed E-state index contributed by atoms with van der Waals surface area (Å²) in [5, 5.41) is 9.85. The van der Waals surface area contributed by atoms with Crippen molar-refractivity contribution >= 4 is 23.2 Å². The van der Waals surface area contributed by atoms with E-state index in [1.165, 1.54) is 13.2 Å². The van der Waals surface area contributed by atoms with Gasteiger partial charge in [0.2, 0.25) is 5.91 Å². The minimum atomic E-state index is -0.306. The van der Waals surface area contributed by atoms with Gasteiger partial charge in [-0.25, -0.2) is 9.37 Å². The number of benzene rings is 2. The van der Waals surface area contributed by atoms with Crippen LogP contribution in [0.4, 0.5) is 10.1 Å². The Hall–Kier alpha value is -2.93. The van der Waals surface area contributed by atoms with E-state index >= 15 is 0 Å². The number of nitrogens with zero attached hydrogens (tertiary/aromatic N) is 2. The number of anilines is 1. The molecule has 0 spiro atoms. The number of rotatable bonds is 6. The average Bonchev–Trinajstić information content (AvgIpc) is 3.04. The van der Waals surface area contributed by atoms with Crippen LogP contribution in [0.25, 0.3) is 0 Å². The van der Waals surface area contributed by atoms with Crippen molar-refractivity contribution in [3.63, 3.8) is 0 Å². The maximum Gasteiger partial charge on any atom is 0.232 e. The molecule has 0 saturated heterocycles. The number of halogens is 2. The minimum Gasteiger partial charge on any atom is -0.495 e. The Morgan fingerprint density at radius 2 is 2.12 bits per heavy atom. The number of amides is 1. The Labute approximate surface area is 154 Å². The van der Waals surface area contributed by atoms with Gasteiger partial charge in [0.15, 0.2) is 5.82 Å². The maximum absolute atomic E-state index is 13.7. The van der Waals surface area contributed by atoms with Crippen molar-refractivity contribution in [2.75, 3.05) is 12.4 Å². The highest BCUT2D eigenvalue weighted by molar-refractivity contribution is 6.32.